The Bertz CT molecular complexity index is 1020. The van der Waals surface area contributed by atoms with Gasteiger partial charge in [-0.05, 0) is 49.9 Å². The van der Waals surface area contributed by atoms with Gasteiger partial charge in [-0.15, -0.1) is 0 Å². The number of phenolic OH excluding ortho intramolecular Hbond substituents is 1. The van der Waals surface area contributed by atoms with Gasteiger partial charge in [0.1, 0.15) is 5.75 Å². The second kappa shape index (κ2) is 7.81. The van der Waals surface area contributed by atoms with E-state index in [-0.39, 0.29) is 23.9 Å². The summed E-state index contributed by atoms with van der Waals surface area (Å²) < 4.78 is 7.72. The molecule has 1 aliphatic heterocycles. The van der Waals surface area contributed by atoms with Crippen molar-refractivity contribution in [3.63, 3.8) is 0 Å². The van der Waals surface area contributed by atoms with Crippen LogP contribution in [0.15, 0.2) is 47.3 Å². The van der Waals surface area contributed by atoms with Crippen LogP contribution in [0.4, 0.5) is 0 Å². The monoisotopic (exact) mass is 381 g/mol. The number of methoxy groups -OCH3 is 1. The summed E-state index contributed by atoms with van der Waals surface area (Å²) >= 11 is 0. The quantitative estimate of drug-likeness (QED) is 0.613. The normalized spacial score (nSPS) is 20.2. The molecule has 28 heavy (non-hydrogen) atoms. The van der Waals surface area contributed by atoms with Crippen molar-refractivity contribution in [2.45, 2.75) is 50.9 Å². The minimum atomic E-state index is -0.115. The molecule has 0 fully saturated rings. The van der Waals surface area contributed by atoms with Crippen molar-refractivity contribution < 1.29 is 9.84 Å². The molecule has 3 atom stereocenters. The predicted molar refractivity (Wildman–Crippen MR) is 110 cm³/mol. The minimum Gasteiger partial charge on any atom is -0.508 e. The first-order valence-corrected chi connectivity index (χ1v) is 9.85. The number of nitrogens with one attached hydrogen (secondary N) is 2. The third-order valence-electron chi connectivity index (χ3n) is 5.69. The van der Waals surface area contributed by atoms with Gasteiger partial charge in [0.25, 0.3) is 0 Å². The standard InChI is InChI=1S/C22H27N3O3/c1-14(9-10-15-5-3-6-16(26)13-15)23-19-11-12-25-20-17(21(19)28-2)7-4-8-18(20)24-22(25)27/h3-8,13-14,19,21,23,26H,9-12H2,1-2H3,(H,24,27)/t14?,19-,21-/m1/s1. The molecule has 3 N–H and O–H groups in total. The van der Waals surface area contributed by atoms with Crippen LogP contribution in [0.3, 0.4) is 0 Å². The second-order valence-corrected chi connectivity index (χ2v) is 7.65. The molecule has 0 saturated carbocycles. The Balaban J connectivity index is 1.51. The number of phenols is 1. The zero-order chi connectivity index (χ0) is 19.7. The predicted octanol–water partition coefficient (Wildman–Crippen LogP) is 3.11. The Hall–Kier alpha value is -2.57. The number of ether oxygens (including phenoxy) is 1. The maximum absolute atomic E-state index is 12.3. The third kappa shape index (κ3) is 3.57. The van der Waals surface area contributed by atoms with Crippen LogP contribution in [0.2, 0.25) is 0 Å². The second-order valence-electron chi connectivity index (χ2n) is 7.65. The van der Waals surface area contributed by atoms with Gasteiger partial charge in [-0.1, -0.05) is 24.3 Å². The Morgan fingerprint density at radius 3 is 2.93 bits per heavy atom. The summed E-state index contributed by atoms with van der Waals surface area (Å²) in [4.78, 5) is 15.3. The molecule has 6 heteroatoms. The first-order valence-electron chi connectivity index (χ1n) is 9.85. The van der Waals surface area contributed by atoms with Gasteiger partial charge in [0.05, 0.1) is 17.1 Å². The molecular weight excluding hydrogens is 354 g/mol. The average molecular weight is 381 g/mol. The number of H-pyrrole nitrogens is 1. The molecule has 6 nitrogen and oxygen atoms in total. The van der Waals surface area contributed by atoms with Crippen LogP contribution in [0.25, 0.3) is 11.0 Å². The fourth-order valence-electron chi connectivity index (χ4n) is 4.33. The molecule has 2 heterocycles. The largest absolute Gasteiger partial charge is 0.508 e. The van der Waals surface area contributed by atoms with E-state index in [2.05, 4.69) is 23.3 Å². The smallest absolute Gasteiger partial charge is 0.326 e. The Labute approximate surface area is 164 Å². The SMILES string of the molecule is CO[C@@H]1c2cccc3[nH]c(=O)n(c23)CC[C@H]1NC(C)CCc1cccc(O)c1. The Morgan fingerprint density at radius 2 is 2.14 bits per heavy atom. The molecule has 1 aromatic heterocycles. The molecule has 0 amide bonds. The van der Waals surface area contributed by atoms with Crippen LogP contribution in [-0.2, 0) is 17.7 Å². The summed E-state index contributed by atoms with van der Waals surface area (Å²) in [5, 5.41) is 13.4. The molecule has 0 aliphatic carbocycles. The van der Waals surface area contributed by atoms with Crippen molar-refractivity contribution in [1.82, 2.24) is 14.9 Å². The highest BCUT2D eigenvalue weighted by atomic mass is 16.5. The lowest BCUT2D eigenvalue weighted by atomic mass is 9.98. The van der Waals surface area contributed by atoms with E-state index in [0.717, 1.165) is 41.4 Å². The van der Waals surface area contributed by atoms with Gasteiger partial charge < -0.3 is 20.1 Å². The molecule has 148 valence electrons. The van der Waals surface area contributed by atoms with Crippen molar-refractivity contribution in [2.75, 3.05) is 7.11 Å². The molecular formula is C22H27N3O3. The van der Waals surface area contributed by atoms with Crippen LogP contribution >= 0.6 is 0 Å². The van der Waals surface area contributed by atoms with Gasteiger partial charge in [-0.2, -0.15) is 0 Å². The molecule has 1 aliphatic rings. The van der Waals surface area contributed by atoms with Gasteiger partial charge in [-0.3, -0.25) is 4.57 Å². The van der Waals surface area contributed by atoms with Crippen LogP contribution in [0.5, 0.6) is 5.75 Å². The Morgan fingerprint density at radius 1 is 1.32 bits per heavy atom. The number of benzene rings is 2. The van der Waals surface area contributed by atoms with E-state index in [1.165, 1.54) is 0 Å². The van der Waals surface area contributed by atoms with Gasteiger partial charge in [-0.25, -0.2) is 4.79 Å². The summed E-state index contributed by atoms with van der Waals surface area (Å²) in [5.74, 6) is 0.307. The van der Waals surface area contributed by atoms with E-state index in [0.29, 0.717) is 12.3 Å². The fraction of sp³-hybridized carbons (Fsp3) is 0.409. The maximum atomic E-state index is 12.3. The van der Waals surface area contributed by atoms with E-state index in [1.807, 2.05) is 34.9 Å². The molecule has 3 aromatic rings. The highest BCUT2D eigenvalue weighted by molar-refractivity contribution is 5.79. The van der Waals surface area contributed by atoms with Crippen molar-refractivity contribution in [3.8, 4) is 5.75 Å². The summed E-state index contributed by atoms with van der Waals surface area (Å²) in [6, 6.07) is 13.8. The molecule has 4 rings (SSSR count). The number of aromatic nitrogens is 2. The van der Waals surface area contributed by atoms with Crippen LogP contribution in [-0.4, -0.2) is 33.9 Å². The van der Waals surface area contributed by atoms with Crippen LogP contribution < -0.4 is 11.0 Å². The van der Waals surface area contributed by atoms with E-state index < -0.39 is 0 Å². The average Bonchev–Trinajstić information content (AvgIpc) is 2.91. The molecule has 0 radical (unpaired) electrons. The first-order chi connectivity index (χ1) is 13.6. The van der Waals surface area contributed by atoms with E-state index in [4.69, 9.17) is 4.74 Å². The third-order valence-corrected chi connectivity index (χ3v) is 5.69. The molecule has 0 bridgehead atoms. The van der Waals surface area contributed by atoms with Crippen LogP contribution in [0.1, 0.15) is 37.0 Å². The van der Waals surface area contributed by atoms with Gasteiger partial charge in [0, 0.05) is 31.3 Å². The number of para-hydroxylation sites is 1. The summed E-state index contributed by atoms with van der Waals surface area (Å²) in [6.07, 6.45) is 2.54. The van der Waals surface area contributed by atoms with E-state index in [9.17, 15) is 9.90 Å². The van der Waals surface area contributed by atoms with Crippen molar-refractivity contribution in [3.05, 3.63) is 64.1 Å². The number of aromatic amines is 1. The minimum absolute atomic E-state index is 0.0603. The number of hydrogen-bond donors (Lipinski definition) is 3. The molecule has 1 unspecified atom stereocenters. The van der Waals surface area contributed by atoms with E-state index >= 15 is 0 Å². The van der Waals surface area contributed by atoms with E-state index in [1.54, 1.807) is 13.2 Å². The number of aryl methyl sites for hydroxylation is 2. The van der Waals surface area contributed by atoms with Gasteiger partial charge in [0.2, 0.25) is 0 Å². The number of nitrogens with zero attached hydrogens (tertiary/aromatic N) is 1. The lowest BCUT2D eigenvalue weighted by Crippen LogP contribution is -2.41. The maximum Gasteiger partial charge on any atom is 0.326 e. The zero-order valence-corrected chi connectivity index (χ0v) is 16.3. The lowest BCUT2D eigenvalue weighted by Gasteiger charge is -2.29. The fourth-order valence-corrected chi connectivity index (χ4v) is 4.33. The van der Waals surface area contributed by atoms with Crippen LogP contribution in [0, 0.1) is 0 Å². The summed E-state index contributed by atoms with van der Waals surface area (Å²) in [6.45, 7) is 2.83. The lowest BCUT2D eigenvalue weighted by molar-refractivity contribution is 0.0624. The van der Waals surface area contributed by atoms with Crippen molar-refractivity contribution >= 4 is 11.0 Å². The topological polar surface area (TPSA) is 79.3 Å². The Kier molecular flexibility index (Phi) is 5.24. The molecule has 0 spiro atoms. The highest BCUT2D eigenvalue weighted by Gasteiger charge is 2.30. The van der Waals surface area contributed by atoms with Gasteiger partial charge >= 0.3 is 5.69 Å². The molecule has 2 aromatic carbocycles. The number of imidazole rings is 1. The number of hydrogen-bond acceptors (Lipinski definition) is 4. The highest BCUT2D eigenvalue weighted by Crippen LogP contribution is 2.32. The summed E-state index contributed by atoms with van der Waals surface area (Å²) in [5.41, 5.74) is 3.94. The number of rotatable bonds is 6. The van der Waals surface area contributed by atoms with Crippen molar-refractivity contribution in [2.24, 2.45) is 0 Å². The molecule has 0 saturated heterocycles. The van der Waals surface area contributed by atoms with Gasteiger partial charge in [0.15, 0.2) is 0 Å². The summed E-state index contributed by atoms with van der Waals surface area (Å²) in [7, 11) is 1.73. The zero-order valence-electron chi connectivity index (χ0n) is 16.3. The number of aromatic hydroxyl groups is 1. The first kappa shape index (κ1) is 18.8. The van der Waals surface area contributed by atoms with Crippen molar-refractivity contribution in [1.29, 1.82) is 0 Å².